The van der Waals surface area contributed by atoms with Gasteiger partial charge in [-0.3, -0.25) is 9.78 Å². The molecule has 1 aromatic heterocycles. The van der Waals surface area contributed by atoms with Gasteiger partial charge in [0.1, 0.15) is 5.69 Å². The zero-order chi connectivity index (χ0) is 15.6. The Morgan fingerprint density at radius 1 is 1.29 bits per heavy atom. The van der Waals surface area contributed by atoms with E-state index in [-0.39, 0.29) is 30.8 Å². The third-order valence-electron chi connectivity index (χ3n) is 3.09. The third kappa shape index (κ3) is 3.39. The number of carbonyl (C=O) groups is 2. The SMILES string of the molecule is O=C(O)c1ccc(C(=O)N2CC=C(C(F)(F)F)CC2)nc1. The maximum atomic E-state index is 12.5. The first-order chi connectivity index (χ1) is 9.79. The molecule has 1 aliphatic rings. The van der Waals surface area contributed by atoms with Crippen molar-refractivity contribution in [2.24, 2.45) is 0 Å². The number of nitrogens with zero attached hydrogens (tertiary/aromatic N) is 2. The fourth-order valence-corrected chi connectivity index (χ4v) is 1.92. The predicted molar refractivity (Wildman–Crippen MR) is 65.9 cm³/mol. The van der Waals surface area contributed by atoms with Crippen molar-refractivity contribution in [1.82, 2.24) is 9.88 Å². The molecule has 1 amide bonds. The molecular formula is C13H11F3N2O3. The Hall–Kier alpha value is -2.38. The van der Waals surface area contributed by atoms with Crippen LogP contribution in [0.15, 0.2) is 30.0 Å². The van der Waals surface area contributed by atoms with Gasteiger partial charge in [-0.15, -0.1) is 0 Å². The number of pyridine rings is 1. The number of halogens is 3. The van der Waals surface area contributed by atoms with Gasteiger partial charge in [0.05, 0.1) is 5.56 Å². The average molecular weight is 300 g/mol. The normalized spacial score (nSPS) is 15.6. The number of hydrogen-bond acceptors (Lipinski definition) is 3. The number of hydrogen-bond donors (Lipinski definition) is 1. The minimum absolute atomic E-state index is 0.00357. The minimum atomic E-state index is -4.36. The van der Waals surface area contributed by atoms with E-state index in [0.29, 0.717) is 0 Å². The first-order valence-corrected chi connectivity index (χ1v) is 6.04. The van der Waals surface area contributed by atoms with Gasteiger partial charge in [-0.05, 0) is 18.6 Å². The van der Waals surface area contributed by atoms with Crippen LogP contribution in [0.2, 0.25) is 0 Å². The molecule has 21 heavy (non-hydrogen) atoms. The number of aromatic carboxylic acids is 1. The Morgan fingerprint density at radius 2 is 2.00 bits per heavy atom. The van der Waals surface area contributed by atoms with E-state index >= 15 is 0 Å². The Bertz CT molecular complexity index is 594. The maximum Gasteiger partial charge on any atom is 0.412 e. The third-order valence-corrected chi connectivity index (χ3v) is 3.09. The van der Waals surface area contributed by atoms with Crippen LogP contribution < -0.4 is 0 Å². The molecule has 0 atom stereocenters. The van der Waals surface area contributed by atoms with Crippen LogP contribution in [-0.4, -0.2) is 46.1 Å². The summed E-state index contributed by atoms with van der Waals surface area (Å²) in [6, 6.07) is 2.47. The Morgan fingerprint density at radius 3 is 2.43 bits per heavy atom. The zero-order valence-electron chi connectivity index (χ0n) is 10.7. The summed E-state index contributed by atoms with van der Waals surface area (Å²) in [5.74, 6) is -1.69. The summed E-state index contributed by atoms with van der Waals surface area (Å²) in [7, 11) is 0. The van der Waals surface area contributed by atoms with E-state index in [1.807, 2.05) is 0 Å². The Labute approximate surface area is 117 Å². The minimum Gasteiger partial charge on any atom is -0.478 e. The molecule has 0 spiro atoms. The number of alkyl halides is 3. The molecule has 1 aromatic rings. The summed E-state index contributed by atoms with van der Waals surface area (Å²) in [4.78, 5) is 27.7. The molecule has 0 radical (unpaired) electrons. The van der Waals surface area contributed by atoms with Crippen LogP contribution in [0.25, 0.3) is 0 Å². The molecular weight excluding hydrogens is 289 g/mol. The van der Waals surface area contributed by atoms with Crippen LogP contribution >= 0.6 is 0 Å². The molecule has 0 aliphatic carbocycles. The molecule has 0 bridgehead atoms. The highest BCUT2D eigenvalue weighted by molar-refractivity contribution is 5.94. The summed E-state index contributed by atoms with van der Waals surface area (Å²) in [5, 5.41) is 8.72. The summed E-state index contributed by atoms with van der Waals surface area (Å²) in [5.41, 5.74) is -0.700. The molecule has 0 saturated heterocycles. The number of carboxylic acids is 1. The van der Waals surface area contributed by atoms with Crippen molar-refractivity contribution in [3.63, 3.8) is 0 Å². The van der Waals surface area contributed by atoms with Gasteiger partial charge in [-0.2, -0.15) is 13.2 Å². The zero-order valence-corrected chi connectivity index (χ0v) is 10.7. The smallest absolute Gasteiger partial charge is 0.412 e. The Kier molecular flexibility index (Phi) is 3.97. The molecule has 0 unspecified atom stereocenters. The van der Waals surface area contributed by atoms with E-state index in [1.165, 1.54) is 17.0 Å². The van der Waals surface area contributed by atoms with Crippen molar-refractivity contribution in [1.29, 1.82) is 0 Å². The van der Waals surface area contributed by atoms with E-state index in [1.54, 1.807) is 0 Å². The van der Waals surface area contributed by atoms with E-state index in [2.05, 4.69) is 4.98 Å². The van der Waals surface area contributed by atoms with E-state index < -0.39 is 23.6 Å². The van der Waals surface area contributed by atoms with E-state index in [0.717, 1.165) is 12.3 Å². The lowest BCUT2D eigenvalue weighted by Gasteiger charge is -2.27. The highest BCUT2D eigenvalue weighted by Crippen LogP contribution is 2.30. The van der Waals surface area contributed by atoms with Gasteiger partial charge in [-0.25, -0.2) is 4.79 Å². The molecule has 0 saturated carbocycles. The van der Waals surface area contributed by atoms with Crippen LogP contribution in [-0.2, 0) is 0 Å². The fraction of sp³-hybridized carbons (Fsp3) is 0.308. The van der Waals surface area contributed by atoms with E-state index in [9.17, 15) is 22.8 Å². The lowest BCUT2D eigenvalue weighted by atomic mass is 10.1. The van der Waals surface area contributed by atoms with Gasteiger partial charge in [0.2, 0.25) is 0 Å². The van der Waals surface area contributed by atoms with Gasteiger partial charge in [0.15, 0.2) is 0 Å². The maximum absolute atomic E-state index is 12.5. The fourth-order valence-electron chi connectivity index (χ4n) is 1.92. The molecule has 1 N–H and O–H groups in total. The molecule has 1 aliphatic heterocycles. The number of rotatable bonds is 2. The number of aromatic nitrogens is 1. The van der Waals surface area contributed by atoms with Crippen molar-refractivity contribution in [3.8, 4) is 0 Å². The van der Waals surface area contributed by atoms with Crippen molar-refractivity contribution >= 4 is 11.9 Å². The molecule has 2 heterocycles. The molecule has 0 fully saturated rings. The first-order valence-electron chi connectivity index (χ1n) is 6.04. The topological polar surface area (TPSA) is 70.5 Å². The van der Waals surface area contributed by atoms with Crippen LogP contribution in [0.4, 0.5) is 13.2 Å². The highest BCUT2D eigenvalue weighted by Gasteiger charge is 2.35. The molecule has 5 nitrogen and oxygen atoms in total. The average Bonchev–Trinajstić information content (AvgIpc) is 2.46. The second kappa shape index (κ2) is 5.55. The van der Waals surface area contributed by atoms with E-state index in [4.69, 9.17) is 5.11 Å². The largest absolute Gasteiger partial charge is 0.478 e. The highest BCUT2D eigenvalue weighted by atomic mass is 19.4. The second-order valence-electron chi connectivity index (χ2n) is 4.47. The molecule has 8 heteroatoms. The molecule has 2 rings (SSSR count). The summed E-state index contributed by atoms with van der Waals surface area (Å²) < 4.78 is 37.4. The monoisotopic (exact) mass is 300 g/mol. The van der Waals surface area contributed by atoms with Gasteiger partial charge < -0.3 is 10.0 Å². The quantitative estimate of drug-likeness (QED) is 0.849. The first kappa shape index (κ1) is 15.0. The lowest BCUT2D eigenvalue weighted by Crippen LogP contribution is -2.37. The Balaban J connectivity index is 2.08. The summed E-state index contributed by atoms with van der Waals surface area (Å²) >= 11 is 0. The predicted octanol–water partition coefficient (Wildman–Crippen LogP) is 2.11. The van der Waals surface area contributed by atoms with Crippen LogP contribution in [0, 0.1) is 0 Å². The van der Waals surface area contributed by atoms with Crippen LogP contribution in [0.3, 0.4) is 0 Å². The molecule has 0 aromatic carbocycles. The van der Waals surface area contributed by atoms with Crippen molar-refractivity contribution in [2.45, 2.75) is 12.6 Å². The summed E-state index contributed by atoms with van der Waals surface area (Å²) in [6.45, 7) is -0.192. The van der Waals surface area contributed by atoms with Crippen molar-refractivity contribution in [2.75, 3.05) is 13.1 Å². The van der Waals surface area contributed by atoms with Gasteiger partial charge in [-0.1, -0.05) is 6.08 Å². The second-order valence-corrected chi connectivity index (χ2v) is 4.47. The summed E-state index contributed by atoms with van der Waals surface area (Å²) in [6.07, 6.45) is -2.61. The lowest BCUT2D eigenvalue weighted by molar-refractivity contribution is -0.0957. The number of carbonyl (C=O) groups excluding carboxylic acids is 1. The van der Waals surface area contributed by atoms with Gasteiger partial charge in [0, 0.05) is 24.9 Å². The number of carboxylic acid groups (broad SMARTS) is 1. The standard InChI is InChI=1S/C13H11F3N2O3/c14-13(15,16)9-3-5-18(6-4-9)11(19)10-2-1-8(7-17-10)12(20)21/h1-3,7H,4-6H2,(H,20,21). The van der Waals surface area contributed by atoms with Gasteiger partial charge in [0.25, 0.3) is 5.91 Å². The van der Waals surface area contributed by atoms with Gasteiger partial charge >= 0.3 is 12.1 Å². The van der Waals surface area contributed by atoms with Crippen LogP contribution in [0.1, 0.15) is 27.3 Å². The van der Waals surface area contributed by atoms with Crippen LogP contribution in [0.5, 0.6) is 0 Å². The van der Waals surface area contributed by atoms with Crippen molar-refractivity contribution < 1.29 is 27.9 Å². The molecule has 112 valence electrons. The van der Waals surface area contributed by atoms with Crippen molar-refractivity contribution in [3.05, 3.63) is 41.2 Å². The number of amides is 1.